The van der Waals surface area contributed by atoms with Gasteiger partial charge in [-0.05, 0) is 37.5 Å². The second kappa shape index (κ2) is 7.41. The lowest BCUT2D eigenvalue weighted by atomic mass is 9.83. The van der Waals surface area contributed by atoms with Gasteiger partial charge in [0.05, 0.1) is 6.10 Å². The van der Waals surface area contributed by atoms with E-state index in [2.05, 4.69) is 6.92 Å². The number of methoxy groups -OCH3 is 1. The predicted octanol–water partition coefficient (Wildman–Crippen LogP) is 2.17. The molecule has 2 aliphatic rings. The SMILES string of the molecule is COC1CN(C(=O)CCC2CCCC(N)C2)CCC1C. The van der Waals surface area contributed by atoms with E-state index in [0.717, 1.165) is 38.8 Å². The first-order valence-corrected chi connectivity index (χ1v) is 8.16. The molecule has 0 bridgehead atoms. The second-order valence-electron chi connectivity index (χ2n) is 6.71. The maximum atomic E-state index is 12.3. The zero-order valence-electron chi connectivity index (χ0n) is 13.0. The summed E-state index contributed by atoms with van der Waals surface area (Å²) in [5.41, 5.74) is 6.01. The molecule has 4 nitrogen and oxygen atoms in total. The van der Waals surface area contributed by atoms with E-state index < -0.39 is 0 Å². The van der Waals surface area contributed by atoms with E-state index in [4.69, 9.17) is 10.5 Å². The van der Waals surface area contributed by atoms with Gasteiger partial charge in [-0.15, -0.1) is 0 Å². The number of hydrogen-bond donors (Lipinski definition) is 1. The third-order valence-electron chi connectivity index (χ3n) is 5.13. The fraction of sp³-hybridized carbons (Fsp3) is 0.938. The van der Waals surface area contributed by atoms with E-state index in [1.165, 1.54) is 12.8 Å². The predicted molar refractivity (Wildman–Crippen MR) is 80.3 cm³/mol. The summed E-state index contributed by atoms with van der Waals surface area (Å²) in [6.07, 6.45) is 7.69. The summed E-state index contributed by atoms with van der Waals surface area (Å²) in [6.45, 7) is 3.87. The Kier molecular flexibility index (Phi) is 5.85. The van der Waals surface area contributed by atoms with Gasteiger partial charge in [-0.3, -0.25) is 4.79 Å². The first kappa shape index (κ1) is 15.8. The molecule has 1 amide bonds. The Labute approximate surface area is 123 Å². The monoisotopic (exact) mass is 282 g/mol. The van der Waals surface area contributed by atoms with Crippen LogP contribution in [0.25, 0.3) is 0 Å². The van der Waals surface area contributed by atoms with Crippen LogP contribution in [0.5, 0.6) is 0 Å². The highest BCUT2D eigenvalue weighted by Crippen LogP contribution is 2.27. The number of nitrogens with two attached hydrogens (primary N) is 1. The number of nitrogens with zero attached hydrogens (tertiary/aromatic N) is 1. The van der Waals surface area contributed by atoms with Gasteiger partial charge >= 0.3 is 0 Å². The molecule has 1 aliphatic carbocycles. The third-order valence-corrected chi connectivity index (χ3v) is 5.13. The Morgan fingerprint density at radius 3 is 2.85 bits per heavy atom. The van der Waals surface area contributed by atoms with Crippen LogP contribution in [0.1, 0.15) is 51.9 Å². The number of piperidine rings is 1. The number of hydrogen-bond acceptors (Lipinski definition) is 3. The topological polar surface area (TPSA) is 55.6 Å². The van der Waals surface area contributed by atoms with Gasteiger partial charge in [-0.2, -0.15) is 0 Å². The van der Waals surface area contributed by atoms with Crippen molar-refractivity contribution in [3.8, 4) is 0 Å². The minimum absolute atomic E-state index is 0.204. The van der Waals surface area contributed by atoms with Crippen molar-refractivity contribution in [3.63, 3.8) is 0 Å². The number of ether oxygens (including phenoxy) is 1. The summed E-state index contributed by atoms with van der Waals surface area (Å²) in [5, 5.41) is 0. The van der Waals surface area contributed by atoms with E-state index in [0.29, 0.717) is 30.2 Å². The zero-order chi connectivity index (χ0) is 14.5. The van der Waals surface area contributed by atoms with E-state index in [-0.39, 0.29) is 6.10 Å². The minimum Gasteiger partial charge on any atom is -0.379 e. The minimum atomic E-state index is 0.204. The van der Waals surface area contributed by atoms with Gasteiger partial charge in [0.1, 0.15) is 0 Å². The highest BCUT2D eigenvalue weighted by Gasteiger charge is 2.29. The maximum absolute atomic E-state index is 12.3. The van der Waals surface area contributed by atoms with Crippen LogP contribution in [0, 0.1) is 11.8 Å². The van der Waals surface area contributed by atoms with Gasteiger partial charge in [0, 0.05) is 32.7 Å². The first-order valence-electron chi connectivity index (χ1n) is 8.16. The van der Waals surface area contributed by atoms with Gasteiger partial charge in [0.15, 0.2) is 0 Å². The lowest BCUT2D eigenvalue weighted by Gasteiger charge is -2.36. The van der Waals surface area contributed by atoms with Crippen LogP contribution in [0.3, 0.4) is 0 Å². The molecule has 2 rings (SSSR count). The Balaban J connectivity index is 1.74. The number of likely N-dealkylation sites (tertiary alicyclic amines) is 1. The van der Waals surface area contributed by atoms with Crippen molar-refractivity contribution in [1.82, 2.24) is 4.90 Å². The third kappa shape index (κ3) is 4.19. The molecule has 1 aliphatic heterocycles. The first-order chi connectivity index (χ1) is 9.60. The summed E-state index contributed by atoms with van der Waals surface area (Å²) in [7, 11) is 1.75. The van der Waals surface area contributed by atoms with Crippen LogP contribution in [0.4, 0.5) is 0 Å². The summed E-state index contributed by atoms with van der Waals surface area (Å²) in [4.78, 5) is 14.3. The molecule has 2 fully saturated rings. The van der Waals surface area contributed by atoms with E-state index in [1.54, 1.807) is 7.11 Å². The van der Waals surface area contributed by atoms with Crippen LogP contribution in [0.15, 0.2) is 0 Å². The molecule has 4 unspecified atom stereocenters. The molecule has 1 heterocycles. The van der Waals surface area contributed by atoms with Crippen molar-refractivity contribution in [2.45, 2.75) is 64.0 Å². The molecule has 116 valence electrons. The van der Waals surface area contributed by atoms with E-state index in [1.807, 2.05) is 4.90 Å². The Hall–Kier alpha value is -0.610. The lowest BCUT2D eigenvalue weighted by Crippen LogP contribution is -2.46. The van der Waals surface area contributed by atoms with Gasteiger partial charge in [-0.25, -0.2) is 0 Å². The van der Waals surface area contributed by atoms with Gasteiger partial charge in [0.25, 0.3) is 0 Å². The van der Waals surface area contributed by atoms with Crippen molar-refractivity contribution < 1.29 is 9.53 Å². The summed E-state index contributed by atoms with van der Waals surface area (Å²) >= 11 is 0. The smallest absolute Gasteiger partial charge is 0.222 e. The highest BCUT2D eigenvalue weighted by molar-refractivity contribution is 5.76. The summed E-state index contributed by atoms with van der Waals surface area (Å²) in [6, 6.07) is 0.359. The molecule has 1 saturated carbocycles. The van der Waals surface area contributed by atoms with Crippen molar-refractivity contribution in [3.05, 3.63) is 0 Å². The molecule has 0 aromatic heterocycles. The lowest BCUT2D eigenvalue weighted by molar-refractivity contribution is -0.136. The van der Waals surface area contributed by atoms with Crippen molar-refractivity contribution in [2.24, 2.45) is 17.6 Å². The van der Waals surface area contributed by atoms with Crippen molar-refractivity contribution in [2.75, 3.05) is 20.2 Å². The molecule has 0 radical (unpaired) electrons. The van der Waals surface area contributed by atoms with Gasteiger partial charge in [0.2, 0.25) is 5.91 Å². The fourth-order valence-corrected chi connectivity index (χ4v) is 3.65. The molecule has 4 heteroatoms. The molecule has 20 heavy (non-hydrogen) atoms. The molecule has 4 atom stereocenters. The molecule has 0 spiro atoms. The standard InChI is InChI=1S/C16H30N2O2/c1-12-8-9-18(11-15(12)20-2)16(19)7-6-13-4-3-5-14(17)10-13/h12-15H,3-11,17H2,1-2H3. The number of rotatable bonds is 4. The van der Waals surface area contributed by atoms with Crippen molar-refractivity contribution in [1.29, 1.82) is 0 Å². The molecule has 1 saturated heterocycles. The Bertz CT molecular complexity index is 322. The molecule has 0 aromatic carbocycles. The van der Waals surface area contributed by atoms with Gasteiger partial charge in [-0.1, -0.05) is 19.8 Å². The Morgan fingerprint density at radius 1 is 1.35 bits per heavy atom. The average Bonchev–Trinajstić information content (AvgIpc) is 2.45. The second-order valence-corrected chi connectivity index (χ2v) is 6.71. The highest BCUT2D eigenvalue weighted by atomic mass is 16.5. The fourth-order valence-electron chi connectivity index (χ4n) is 3.65. The molecular weight excluding hydrogens is 252 g/mol. The Morgan fingerprint density at radius 2 is 2.15 bits per heavy atom. The number of amides is 1. The quantitative estimate of drug-likeness (QED) is 0.859. The normalized spacial score (nSPS) is 35.0. The summed E-state index contributed by atoms with van der Waals surface area (Å²) < 4.78 is 5.48. The average molecular weight is 282 g/mol. The van der Waals surface area contributed by atoms with Crippen LogP contribution in [-0.2, 0) is 9.53 Å². The largest absolute Gasteiger partial charge is 0.379 e. The number of carbonyl (C=O) groups is 1. The van der Waals surface area contributed by atoms with E-state index in [9.17, 15) is 4.79 Å². The van der Waals surface area contributed by atoms with E-state index >= 15 is 0 Å². The zero-order valence-corrected chi connectivity index (χ0v) is 13.0. The summed E-state index contributed by atoms with van der Waals surface area (Å²) in [5.74, 6) is 1.52. The number of carbonyl (C=O) groups excluding carboxylic acids is 1. The molecular formula is C16H30N2O2. The molecule has 0 aromatic rings. The van der Waals surface area contributed by atoms with Crippen LogP contribution < -0.4 is 5.73 Å². The van der Waals surface area contributed by atoms with Crippen LogP contribution in [0.2, 0.25) is 0 Å². The van der Waals surface area contributed by atoms with Gasteiger partial charge < -0.3 is 15.4 Å². The van der Waals surface area contributed by atoms with Crippen molar-refractivity contribution >= 4 is 5.91 Å². The van der Waals surface area contributed by atoms with Crippen LogP contribution >= 0.6 is 0 Å². The molecule has 2 N–H and O–H groups in total. The van der Waals surface area contributed by atoms with Crippen LogP contribution in [-0.4, -0.2) is 43.2 Å². The maximum Gasteiger partial charge on any atom is 0.222 e.